The number of imidazole rings is 1. The van der Waals surface area contributed by atoms with Crippen molar-refractivity contribution in [3.63, 3.8) is 0 Å². The van der Waals surface area contributed by atoms with Gasteiger partial charge < -0.3 is 4.40 Å². The van der Waals surface area contributed by atoms with E-state index in [-0.39, 0.29) is 4.90 Å². The number of anilines is 1. The van der Waals surface area contributed by atoms with Crippen molar-refractivity contribution in [2.24, 2.45) is 0 Å². The Labute approximate surface area is 158 Å². The molecule has 0 aliphatic carbocycles. The molecule has 0 aliphatic rings. The topological polar surface area (TPSA) is 63.5 Å². The highest BCUT2D eigenvalue weighted by Gasteiger charge is 2.17. The van der Waals surface area contributed by atoms with E-state index in [1.165, 1.54) is 0 Å². The number of nitrogens with zero attached hydrogens (tertiary/aromatic N) is 2. The number of sulfonamides is 1. The first-order chi connectivity index (χ1) is 12.9. The first-order valence-electron chi connectivity index (χ1n) is 8.57. The lowest BCUT2D eigenvalue weighted by Gasteiger charge is -2.11. The molecule has 0 amide bonds. The number of nitrogens with one attached hydrogen (secondary N) is 1. The van der Waals surface area contributed by atoms with E-state index in [1.807, 2.05) is 60.1 Å². The van der Waals surface area contributed by atoms with Crippen molar-refractivity contribution in [3.05, 3.63) is 84.2 Å². The molecule has 0 aliphatic heterocycles. The Bertz CT molecular complexity index is 1210. The summed E-state index contributed by atoms with van der Waals surface area (Å²) in [7, 11) is -3.66. The van der Waals surface area contributed by atoms with Crippen molar-refractivity contribution < 1.29 is 8.42 Å². The maximum Gasteiger partial charge on any atom is 0.262 e. The summed E-state index contributed by atoms with van der Waals surface area (Å²) >= 11 is 0. The highest BCUT2D eigenvalue weighted by Crippen LogP contribution is 2.25. The van der Waals surface area contributed by atoms with Gasteiger partial charge in [0, 0.05) is 23.6 Å². The maximum absolute atomic E-state index is 12.8. The van der Waals surface area contributed by atoms with Crippen LogP contribution in [0.15, 0.2) is 78.0 Å². The smallest absolute Gasteiger partial charge is 0.262 e. The van der Waals surface area contributed by atoms with E-state index in [0.717, 1.165) is 28.0 Å². The minimum Gasteiger partial charge on any atom is -0.306 e. The van der Waals surface area contributed by atoms with Crippen LogP contribution in [0, 0.1) is 13.8 Å². The minimum absolute atomic E-state index is 0.284. The van der Waals surface area contributed by atoms with Crippen molar-refractivity contribution in [1.29, 1.82) is 0 Å². The highest BCUT2D eigenvalue weighted by molar-refractivity contribution is 7.92. The fourth-order valence-corrected chi connectivity index (χ4v) is 4.40. The second-order valence-corrected chi connectivity index (χ2v) is 8.20. The third kappa shape index (κ3) is 3.44. The molecule has 2 aromatic carbocycles. The second-order valence-electron chi connectivity index (χ2n) is 6.55. The van der Waals surface area contributed by atoms with Gasteiger partial charge in [-0.2, -0.15) is 0 Å². The standard InChI is InChI=1S/C21H19N3O2S/c1-15-9-10-20(16(2)12-15)27(25,26)23-18-7-5-6-17(13-18)19-14-24-11-4-3-8-21(24)22-19/h3-14,23H,1-2H3. The number of rotatable bonds is 4. The molecular weight excluding hydrogens is 358 g/mol. The predicted octanol–water partition coefficient (Wildman–Crippen LogP) is 4.42. The maximum atomic E-state index is 12.8. The van der Waals surface area contributed by atoms with Crippen molar-refractivity contribution >= 4 is 21.4 Å². The van der Waals surface area contributed by atoms with Crippen LogP contribution >= 0.6 is 0 Å². The summed E-state index contributed by atoms with van der Waals surface area (Å²) in [6, 6.07) is 18.4. The summed E-state index contributed by atoms with van der Waals surface area (Å²) < 4.78 is 30.2. The summed E-state index contributed by atoms with van der Waals surface area (Å²) in [6.07, 6.45) is 3.85. The first-order valence-corrected chi connectivity index (χ1v) is 10.0. The fourth-order valence-electron chi connectivity index (χ4n) is 3.13. The highest BCUT2D eigenvalue weighted by atomic mass is 32.2. The summed E-state index contributed by atoms with van der Waals surface area (Å²) in [6.45, 7) is 3.74. The molecular formula is C21H19N3O2S. The van der Waals surface area contributed by atoms with Crippen LogP contribution in [0.3, 0.4) is 0 Å². The van der Waals surface area contributed by atoms with Gasteiger partial charge in [0.05, 0.1) is 10.6 Å². The van der Waals surface area contributed by atoms with Gasteiger partial charge in [-0.1, -0.05) is 35.9 Å². The van der Waals surface area contributed by atoms with Crippen LogP contribution in [0.1, 0.15) is 11.1 Å². The summed E-state index contributed by atoms with van der Waals surface area (Å²) in [5, 5.41) is 0. The van der Waals surface area contributed by atoms with Crippen LogP contribution < -0.4 is 4.72 Å². The molecule has 0 bridgehead atoms. The molecule has 0 atom stereocenters. The Hall–Kier alpha value is -3.12. The Balaban J connectivity index is 1.68. The van der Waals surface area contributed by atoms with E-state index in [2.05, 4.69) is 9.71 Å². The SMILES string of the molecule is Cc1ccc(S(=O)(=O)Nc2cccc(-c3cn4ccccc4n3)c2)c(C)c1. The van der Waals surface area contributed by atoms with Crippen LogP contribution in [-0.2, 0) is 10.0 Å². The molecule has 4 aromatic rings. The molecule has 0 radical (unpaired) electrons. The Morgan fingerprint density at radius 2 is 1.81 bits per heavy atom. The molecule has 4 rings (SSSR count). The number of fused-ring (bicyclic) bond motifs is 1. The summed E-state index contributed by atoms with van der Waals surface area (Å²) in [4.78, 5) is 4.87. The average Bonchev–Trinajstić information content (AvgIpc) is 3.05. The van der Waals surface area contributed by atoms with E-state index in [9.17, 15) is 8.42 Å². The molecule has 27 heavy (non-hydrogen) atoms. The van der Waals surface area contributed by atoms with Gasteiger partial charge in [0.15, 0.2) is 0 Å². The minimum atomic E-state index is -3.66. The molecule has 2 heterocycles. The summed E-state index contributed by atoms with van der Waals surface area (Å²) in [5.41, 5.74) is 4.73. The lowest BCUT2D eigenvalue weighted by molar-refractivity contribution is 0.600. The molecule has 2 aromatic heterocycles. The largest absolute Gasteiger partial charge is 0.306 e. The van der Waals surface area contributed by atoms with E-state index < -0.39 is 10.0 Å². The monoisotopic (exact) mass is 377 g/mol. The van der Waals surface area contributed by atoms with Crippen molar-refractivity contribution in [3.8, 4) is 11.3 Å². The molecule has 136 valence electrons. The zero-order chi connectivity index (χ0) is 19.0. The number of benzene rings is 2. The van der Waals surface area contributed by atoms with Crippen LogP contribution in [0.2, 0.25) is 0 Å². The molecule has 0 saturated heterocycles. The quantitative estimate of drug-likeness (QED) is 0.573. The number of hydrogen-bond donors (Lipinski definition) is 1. The van der Waals surface area contributed by atoms with Crippen LogP contribution in [0.4, 0.5) is 5.69 Å². The van der Waals surface area contributed by atoms with E-state index >= 15 is 0 Å². The van der Waals surface area contributed by atoms with E-state index in [1.54, 1.807) is 31.2 Å². The van der Waals surface area contributed by atoms with Crippen molar-refractivity contribution in [2.75, 3.05) is 4.72 Å². The second kappa shape index (κ2) is 6.55. The lowest BCUT2D eigenvalue weighted by Crippen LogP contribution is -2.14. The number of aromatic nitrogens is 2. The van der Waals surface area contributed by atoms with Crippen molar-refractivity contribution in [1.82, 2.24) is 9.38 Å². The Kier molecular flexibility index (Phi) is 4.20. The van der Waals surface area contributed by atoms with E-state index in [4.69, 9.17) is 0 Å². The molecule has 1 N–H and O–H groups in total. The van der Waals surface area contributed by atoms with Gasteiger partial charge in [0.25, 0.3) is 10.0 Å². The van der Waals surface area contributed by atoms with Crippen LogP contribution in [0.5, 0.6) is 0 Å². The molecule has 0 unspecified atom stereocenters. The van der Waals surface area contributed by atoms with Gasteiger partial charge in [-0.15, -0.1) is 0 Å². The fraction of sp³-hybridized carbons (Fsp3) is 0.0952. The molecule has 0 spiro atoms. The van der Waals surface area contributed by atoms with Gasteiger partial charge in [0.2, 0.25) is 0 Å². The van der Waals surface area contributed by atoms with Gasteiger partial charge >= 0.3 is 0 Å². The van der Waals surface area contributed by atoms with E-state index in [0.29, 0.717) is 5.69 Å². The molecule has 0 saturated carbocycles. The zero-order valence-corrected chi connectivity index (χ0v) is 15.9. The van der Waals surface area contributed by atoms with Crippen LogP contribution in [-0.4, -0.2) is 17.8 Å². The van der Waals surface area contributed by atoms with Crippen molar-refractivity contribution in [2.45, 2.75) is 18.7 Å². The Morgan fingerprint density at radius 3 is 2.59 bits per heavy atom. The molecule has 5 nitrogen and oxygen atoms in total. The zero-order valence-electron chi connectivity index (χ0n) is 15.0. The molecule has 0 fully saturated rings. The first kappa shape index (κ1) is 17.3. The summed E-state index contributed by atoms with van der Waals surface area (Å²) in [5.74, 6) is 0. The number of hydrogen-bond acceptors (Lipinski definition) is 3. The van der Waals surface area contributed by atoms with Crippen LogP contribution in [0.25, 0.3) is 16.9 Å². The normalized spacial score (nSPS) is 11.6. The average molecular weight is 377 g/mol. The lowest BCUT2D eigenvalue weighted by atomic mass is 10.1. The number of aryl methyl sites for hydroxylation is 2. The number of pyridine rings is 1. The Morgan fingerprint density at radius 1 is 0.963 bits per heavy atom. The van der Waals surface area contributed by atoms with Gasteiger partial charge in [0.1, 0.15) is 5.65 Å². The predicted molar refractivity (Wildman–Crippen MR) is 107 cm³/mol. The molecule has 6 heteroatoms. The van der Waals surface area contributed by atoms with Gasteiger partial charge in [-0.3, -0.25) is 4.72 Å². The third-order valence-corrected chi connectivity index (χ3v) is 5.94. The third-order valence-electron chi connectivity index (χ3n) is 4.39. The van der Waals surface area contributed by atoms with Gasteiger partial charge in [-0.25, -0.2) is 13.4 Å². The van der Waals surface area contributed by atoms with Gasteiger partial charge in [-0.05, 0) is 49.7 Å².